The summed E-state index contributed by atoms with van der Waals surface area (Å²) in [6.45, 7) is 1.93. The van der Waals surface area contributed by atoms with Gasteiger partial charge in [-0.05, 0) is 42.8 Å². The van der Waals surface area contributed by atoms with Gasteiger partial charge >= 0.3 is 6.03 Å². The zero-order valence-corrected chi connectivity index (χ0v) is 14.0. The number of aryl methyl sites for hydroxylation is 1. The lowest BCUT2D eigenvalue weighted by Gasteiger charge is -2.28. The summed E-state index contributed by atoms with van der Waals surface area (Å²) >= 11 is 0. The van der Waals surface area contributed by atoms with Gasteiger partial charge in [0.15, 0.2) is 9.84 Å². The van der Waals surface area contributed by atoms with Crippen molar-refractivity contribution in [3.05, 3.63) is 71.6 Å². The number of carbonyl (C=O) groups excluding carboxylic acids is 1. The van der Waals surface area contributed by atoms with E-state index in [1.54, 1.807) is 24.3 Å². The summed E-state index contributed by atoms with van der Waals surface area (Å²) in [4.78, 5) is 14.3. The van der Waals surface area contributed by atoms with E-state index in [0.717, 1.165) is 5.56 Å². The number of rotatable bonds is 3. The highest BCUT2D eigenvalue weighted by Crippen LogP contribution is 2.24. The van der Waals surface area contributed by atoms with E-state index in [4.69, 9.17) is 0 Å². The first-order valence-electron chi connectivity index (χ1n) is 7.57. The van der Waals surface area contributed by atoms with Gasteiger partial charge in [0, 0.05) is 16.8 Å². The van der Waals surface area contributed by atoms with Crippen molar-refractivity contribution in [1.82, 2.24) is 0 Å². The van der Waals surface area contributed by atoms with Gasteiger partial charge in [0.25, 0.3) is 0 Å². The average Bonchev–Trinajstić information content (AvgIpc) is 2.88. The van der Waals surface area contributed by atoms with Crippen LogP contribution >= 0.6 is 0 Å². The molecule has 1 atom stereocenters. The first kappa shape index (κ1) is 16.3. The highest BCUT2D eigenvalue weighted by molar-refractivity contribution is 7.94. The van der Waals surface area contributed by atoms with Gasteiger partial charge in [-0.25, -0.2) is 13.2 Å². The molecule has 1 N–H and O–H groups in total. The number of anilines is 2. The molecule has 24 heavy (non-hydrogen) atoms. The number of hydrogen-bond donors (Lipinski definition) is 1. The number of benzene rings is 2. The van der Waals surface area contributed by atoms with Gasteiger partial charge in [-0.2, -0.15) is 0 Å². The Kier molecular flexibility index (Phi) is 4.40. The van der Waals surface area contributed by atoms with Crippen LogP contribution in [0.1, 0.15) is 5.56 Å². The number of nitrogens with zero attached hydrogens (tertiary/aromatic N) is 1. The Labute approximate surface area is 141 Å². The van der Waals surface area contributed by atoms with E-state index in [0.29, 0.717) is 11.4 Å². The van der Waals surface area contributed by atoms with Crippen LogP contribution in [0.4, 0.5) is 16.2 Å². The third-order valence-electron chi connectivity index (χ3n) is 3.77. The lowest BCUT2D eigenvalue weighted by Crippen LogP contribution is -2.43. The second kappa shape index (κ2) is 6.49. The van der Waals surface area contributed by atoms with Crippen LogP contribution in [0.25, 0.3) is 0 Å². The fourth-order valence-electron chi connectivity index (χ4n) is 2.66. The summed E-state index contributed by atoms with van der Waals surface area (Å²) in [5, 5.41) is 4.00. The number of carbonyl (C=O) groups is 1. The third kappa shape index (κ3) is 3.65. The van der Waals surface area contributed by atoms with Crippen LogP contribution < -0.4 is 10.2 Å². The molecule has 0 saturated carbocycles. The van der Waals surface area contributed by atoms with Gasteiger partial charge in [0.1, 0.15) is 0 Å². The standard InChI is InChI=1S/C18H18N2O3S/c1-14-6-5-9-16(12-14)20(17-10-11-24(22,23)13-17)18(21)19-15-7-3-2-4-8-15/h2-12,17H,13H2,1H3,(H,19,21). The maximum atomic E-state index is 12.8. The molecule has 0 radical (unpaired) electrons. The zero-order chi connectivity index (χ0) is 17.2. The van der Waals surface area contributed by atoms with Crippen LogP contribution in [-0.2, 0) is 9.84 Å². The maximum absolute atomic E-state index is 12.8. The van der Waals surface area contributed by atoms with Crippen LogP contribution in [0.5, 0.6) is 0 Å². The fourth-order valence-corrected chi connectivity index (χ4v) is 3.93. The monoisotopic (exact) mass is 342 g/mol. The Balaban J connectivity index is 1.93. The van der Waals surface area contributed by atoms with E-state index in [9.17, 15) is 13.2 Å². The van der Waals surface area contributed by atoms with Crippen molar-refractivity contribution in [2.24, 2.45) is 0 Å². The molecule has 0 bridgehead atoms. The number of sulfone groups is 1. The first-order valence-corrected chi connectivity index (χ1v) is 9.29. The second-order valence-corrected chi connectivity index (χ2v) is 7.66. The molecule has 0 fully saturated rings. The summed E-state index contributed by atoms with van der Waals surface area (Å²) in [5.41, 5.74) is 2.31. The van der Waals surface area contributed by atoms with Gasteiger partial charge in [0.05, 0.1) is 11.8 Å². The van der Waals surface area contributed by atoms with Crippen molar-refractivity contribution in [3.8, 4) is 0 Å². The van der Waals surface area contributed by atoms with Gasteiger partial charge < -0.3 is 5.32 Å². The Morgan fingerprint density at radius 2 is 1.88 bits per heavy atom. The highest BCUT2D eigenvalue weighted by Gasteiger charge is 2.31. The molecule has 2 amide bonds. The van der Waals surface area contributed by atoms with Crippen LogP contribution in [0.3, 0.4) is 0 Å². The molecule has 1 unspecified atom stereocenters. The van der Waals surface area contributed by atoms with Crippen LogP contribution in [0.15, 0.2) is 66.1 Å². The third-order valence-corrected chi connectivity index (χ3v) is 5.14. The van der Waals surface area contributed by atoms with Crippen molar-refractivity contribution < 1.29 is 13.2 Å². The minimum absolute atomic E-state index is 0.108. The van der Waals surface area contributed by atoms with Gasteiger partial charge in [-0.3, -0.25) is 4.90 Å². The molecule has 0 aliphatic carbocycles. The van der Waals surface area contributed by atoms with Gasteiger partial charge in [-0.15, -0.1) is 0 Å². The van der Waals surface area contributed by atoms with Crippen molar-refractivity contribution in [3.63, 3.8) is 0 Å². The minimum Gasteiger partial charge on any atom is -0.308 e. The Hall–Kier alpha value is -2.60. The predicted molar refractivity (Wildman–Crippen MR) is 95.8 cm³/mol. The lowest BCUT2D eigenvalue weighted by molar-refractivity contribution is 0.256. The molecule has 0 aromatic heterocycles. The van der Waals surface area contributed by atoms with Crippen LogP contribution in [0.2, 0.25) is 0 Å². The van der Waals surface area contributed by atoms with E-state index in [2.05, 4.69) is 5.32 Å². The number of nitrogens with one attached hydrogen (secondary N) is 1. The molecule has 1 heterocycles. The molecule has 5 nitrogen and oxygen atoms in total. The summed E-state index contributed by atoms with van der Waals surface area (Å²) in [5.74, 6) is -0.108. The maximum Gasteiger partial charge on any atom is 0.326 e. The molecular formula is C18H18N2O3S. The zero-order valence-electron chi connectivity index (χ0n) is 13.2. The van der Waals surface area contributed by atoms with Crippen LogP contribution in [-0.4, -0.2) is 26.2 Å². The van der Waals surface area contributed by atoms with E-state index in [1.165, 1.54) is 10.3 Å². The van der Waals surface area contributed by atoms with E-state index >= 15 is 0 Å². The first-order chi connectivity index (χ1) is 11.4. The lowest BCUT2D eigenvalue weighted by atomic mass is 10.2. The molecular weight excluding hydrogens is 324 g/mol. The normalized spacial score (nSPS) is 18.3. The van der Waals surface area contributed by atoms with Crippen molar-refractivity contribution in [1.29, 1.82) is 0 Å². The number of amides is 2. The van der Waals surface area contributed by atoms with Crippen molar-refractivity contribution >= 4 is 27.2 Å². The Morgan fingerprint density at radius 3 is 2.50 bits per heavy atom. The largest absolute Gasteiger partial charge is 0.326 e. The summed E-state index contributed by atoms with van der Waals surface area (Å²) < 4.78 is 23.6. The summed E-state index contributed by atoms with van der Waals surface area (Å²) in [7, 11) is -3.27. The van der Waals surface area contributed by atoms with E-state index in [-0.39, 0.29) is 11.8 Å². The molecule has 124 valence electrons. The highest BCUT2D eigenvalue weighted by atomic mass is 32.2. The number of para-hydroxylation sites is 1. The second-order valence-electron chi connectivity index (χ2n) is 5.73. The Bertz CT molecular complexity index is 876. The number of urea groups is 1. The number of hydrogen-bond acceptors (Lipinski definition) is 3. The van der Waals surface area contributed by atoms with Crippen LogP contribution in [0, 0.1) is 6.92 Å². The summed E-state index contributed by atoms with van der Waals surface area (Å²) in [6.07, 6.45) is 1.56. The molecule has 6 heteroatoms. The Morgan fingerprint density at radius 1 is 1.12 bits per heavy atom. The molecule has 3 rings (SSSR count). The SMILES string of the molecule is Cc1cccc(N(C(=O)Nc2ccccc2)C2C=CS(=O)(=O)C2)c1. The average molecular weight is 342 g/mol. The van der Waals surface area contributed by atoms with E-state index in [1.807, 2.05) is 43.3 Å². The van der Waals surface area contributed by atoms with Gasteiger partial charge in [-0.1, -0.05) is 30.3 Å². The quantitative estimate of drug-likeness (QED) is 0.930. The van der Waals surface area contributed by atoms with Crippen molar-refractivity contribution in [2.45, 2.75) is 13.0 Å². The molecule has 0 saturated heterocycles. The van der Waals surface area contributed by atoms with Gasteiger partial charge in [0.2, 0.25) is 0 Å². The molecule has 0 spiro atoms. The summed E-state index contributed by atoms with van der Waals surface area (Å²) in [6, 6.07) is 15.6. The minimum atomic E-state index is -3.27. The molecule has 2 aromatic carbocycles. The molecule has 2 aromatic rings. The smallest absolute Gasteiger partial charge is 0.308 e. The predicted octanol–water partition coefficient (Wildman–Crippen LogP) is 3.34. The van der Waals surface area contributed by atoms with Crippen molar-refractivity contribution in [2.75, 3.05) is 16.0 Å². The topological polar surface area (TPSA) is 66.5 Å². The van der Waals surface area contributed by atoms with E-state index < -0.39 is 15.9 Å². The fraction of sp³-hybridized carbons (Fsp3) is 0.167. The molecule has 1 aliphatic heterocycles. The molecule has 1 aliphatic rings.